The summed E-state index contributed by atoms with van der Waals surface area (Å²) in [6, 6.07) is 0.653. The maximum Gasteiger partial charge on any atom is 0.100 e. The minimum Gasteiger partial charge on any atom is -0.358 e. The Morgan fingerprint density at radius 3 is 1.80 bits per heavy atom. The van der Waals surface area contributed by atoms with Crippen molar-refractivity contribution in [3.05, 3.63) is 24.7 Å². The average molecular weight is 289 g/mol. The van der Waals surface area contributed by atoms with Gasteiger partial charge in [0.15, 0.2) is 0 Å². The van der Waals surface area contributed by atoms with E-state index in [1.54, 1.807) is 0 Å². The molecule has 0 aromatic heterocycles. The molecule has 2 heteroatoms. The van der Waals surface area contributed by atoms with Crippen molar-refractivity contribution in [2.45, 2.75) is 76.3 Å². The summed E-state index contributed by atoms with van der Waals surface area (Å²) in [6.45, 7) is 8.31. The number of hydrogen-bond donors (Lipinski definition) is 0. The van der Waals surface area contributed by atoms with Gasteiger partial charge in [-0.2, -0.15) is 0 Å². The normalized spacial score (nSPS) is 23.3. The Kier molecular flexibility index (Phi) is 18.7. The molecule has 1 aliphatic carbocycles. The molecule has 1 heterocycles. The first kappa shape index (κ1) is 31.5. The Balaban J connectivity index is -0.000000125. The van der Waals surface area contributed by atoms with Gasteiger partial charge in [0.05, 0.1) is 0 Å². The highest BCUT2D eigenvalue weighted by Gasteiger charge is 2.37. The Morgan fingerprint density at radius 1 is 0.850 bits per heavy atom. The van der Waals surface area contributed by atoms with E-state index in [2.05, 4.69) is 37.1 Å². The molecular weight excluding hydrogens is 244 g/mol. The summed E-state index contributed by atoms with van der Waals surface area (Å²) in [6.07, 6.45) is 5.31. The first-order valence-corrected chi connectivity index (χ1v) is 5.47. The largest absolute Gasteiger partial charge is 0.358 e. The molecule has 1 saturated carbocycles. The quantitative estimate of drug-likeness (QED) is 0.522. The average Bonchev–Trinajstić information content (AvgIpc) is 2.23. The number of nitrogens with zero attached hydrogens (tertiary/aromatic N) is 2. The molecule has 0 amide bonds. The van der Waals surface area contributed by atoms with Crippen LogP contribution in [0.2, 0.25) is 0 Å². The molecule has 0 aromatic carbocycles. The molecule has 0 bridgehead atoms. The van der Waals surface area contributed by atoms with Gasteiger partial charge in [0.2, 0.25) is 0 Å². The zero-order valence-corrected chi connectivity index (χ0v) is 9.29. The van der Waals surface area contributed by atoms with Gasteiger partial charge in [-0.25, -0.2) is 0 Å². The van der Waals surface area contributed by atoms with Gasteiger partial charge < -0.3 is 9.80 Å². The second-order valence-corrected chi connectivity index (χ2v) is 4.54. The van der Waals surface area contributed by atoms with Gasteiger partial charge in [-0.15, -0.1) is 0 Å². The molecule has 20 heavy (non-hydrogen) atoms. The summed E-state index contributed by atoms with van der Waals surface area (Å²) in [5.74, 6) is 1.75. The monoisotopic (exact) mass is 288 g/mol. The molecule has 2 fully saturated rings. The molecule has 0 radical (unpaired) electrons. The first-order chi connectivity index (χ1) is 6.63. The van der Waals surface area contributed by atoms with Crippen LogP contribution in [0.25, 0.3) is 0 Å². The van der Waals surface area contributed by atoms with Crippen molar-refractivity contribution in [3.63, 3.8) is 0 Å². The first-order valence-electron chi connectivity index (χ1n) is 5.47. The van der Waals surface area contributed by atoms with Gasteiger partial charge in [0, 0.05) is 31.8 Å². The lowest BCUT2D eigenvalue weighted by Gasteiger charge is -2.50. The highest BCUT2D eigenvalue weighted by Crippen LogP contribution is 2.39. The lowest BCUT2D eigenvalue weighted by Crippen LogP contribution is -2.50. The molecule has 2 rings (SSSR count). The Morgan fingerprint density at radius 2 is 1.30 bits per heavy atom. The van der Waals surface area contributed by atoms with E-state index in [1.165, 1.54) is 31.4 Å². The van der Waals surface area contributed by atoms with Crippen molar-refractivity contribution in [2.75, 3.05) is 14.1 Å². The molecule has 1 saturated heterocycles. The second kappa shape index (κ2) is 11.9. The van der Waals surface area contributed by atoms with Gasteiger partial charge in [-0.1, -0.05) is 70.6 Å². The lowest BCUT2D eigenvalue weighted by atomic mass is 9.80. The predicted octanol–water partition coefficient (Wildman–Crippen LogP) is 6.22. The van der Waals surface area contributed by atoms with Crippen LogP contribution >= 0.6 is 0 Å². The van der Waals surface area contributed by atoms with Crippen molar-refractivity contribution in [2.24, 2.45) is 5.92 Å². The molecular formula is C18H44N2. The van der Waals surface area contributed by atoms with Crippen LogP contribution in [-0.2, 0) is 0 Å². The molecule has 126 valence electrons. The van der Waals surface area contributed by atoms with Gasteiger partial charge in [0.1, 0.15) is 5.82 Å². The summed E-state index contributed by atoms with van der Waals surface area (Å²) in [7, 11) is 4.24. The van der Waals surface area contributed by atoms with E-state index in [0.717, 1.165) is 5.82 Å². The van der Waals surface area contributed by atoms with Crippen molar-refractivity contribution in [3.8, 4) is 0 Å². The van der Waals surface area contributed by atoms with E-state index >= 15 is 0 Å². The van der Waals surface area contributed by atoms with Gasteiger partial charge >= 0.3 is 0 Å². The lowest BCUT2D eigenvalue weighted by molar-refractivity contribution is 0.0964. The van der Waals surface area contributed by atoms with Gasteiger partial charge in [-0.3, -0.25) is 0 Å². The fraction of sp³-hybridized carbons (Fsp3) is 0.778. The van der Waals surface area contributed by atoms with E-state index in [4.69, 9.17) is 0 Å². The van der Waals surface area contributed by atoms with Crippen molar-refractivity contribution in [1.82, 2.24) is 9.80 Å². The molecule has 0 N–H and O–H groups in total. The fourth-order valence-electron chi connectivity index (χ4n) is 2.81. The fourth-order valence-corrected chi connectivity index (χ4v) is 2.81. The number of rotatable bonds is 0. The topological polar surface area (TPSA) is 6.48 Å². The van der Waals surface area contributed by atoms with Crippen LogP contribution < -0.4 is 0 Å². The third-order valence-electron chi connectivity index (χ3n) is 3.88. The van der Waals surface area contributed by atoms with Crippen LogP contribution in [0.5, 0.6) is 0 Å². The standard InChI is InChI=1S/C12H20N2.6CH4/c1-9-11-7-5-6-8-12(11)14(4)10(2)13(9)3;;;;;;/h11-12H,1-2,5-8H2,3-4H3;6*1H4. The predicted molar refractivity (Wildman–Crippen MR) is 99.9 cm³/mol. The summed E-state index contributed by atoms with van der Waals surface area (Å²) in [4.78, 5) is 4.48. The molecule has 2 unspecified atom stereocenters. The third-order valence-corrected chi connectivity index (χ3v) is 3.88. The van der Waals surface area contributed by atoms with Crippen LogP contribution in [0.1, 0.15) is 70.2 Å². The Labute approximate surface area is 131 Å². The zero-order chi connectivity index (χ0) is 10.3. The molecule has 0 aromatic rings. The maximum absolute atomic E-state index is 4.20. The van der Waals surface area contributed by atoms with Crippen molar-refractivity contribution >= 4 is 0 Å². The Bertz CT molecular complexity index is 271. The highest BCUT2D eigenvalue weighted by atomic mass is 15.4. The Hall–Kier alpha value is -0.920. The van der Waals surface area contributed by atoms with E-state index in [9.17, 15) is 0 Å². The SMILES string of the molecule is C.C.C.C.C.C.C=C1C2CCCCC2N(C)C(=C)N1C. The van der Waals surface area contributed by atoms with Crippen LogP contribution in [0.3, 0.4) is 0 Å². The van der Waals surface area contributed by atoms with Crippen LogP contribution in [-0.4, -0.2) is 29.9 Å². The van der Waals surface area contributed by atoms with Crippen LogP contribution in [0.15, 0.2) is 24.7 Å². The van der Waals surface area contributed by atoms with E-state index < -0.39 is 0 Å². The van der Waals surface area contributed by atoms with E-state index in [-0.39, 0.29) is 44.6 Å². The number of hydrogen-bond acceptors (Lipinski definition) is 2. The van der Waals surface area contributed by atoms with Gasteiger partial charge in [0.25, 0.3) is 0 Å². The highest BCUT2D eigenvalue weighted by molar-refractivity contribution is 5.18. The summed E-state index contributed by atoms with van der Waals surface area (Å²) < 4.78 is 0. The van der Waals surface area contributed by atoms with Crippen LogP contribution in [0, 0.1) is 5.92 Å². The smallest absolute Gasteiger partial charge is 0.100 e. The summed E-state index contributed by atoms with van der Waals surface area (Å²) in [5.41, 5.74) is 1.26. The second-order valence-electron chi connectivity index (χ2n) is 4.54. The molecule has 2 aliphatic rings. The molecule has 1 aliphatic heterocycles. The van der Waals surface area contributed by atoms with Gasteiger partial charge in [-0.05, 0) is 12.8 Å². The summed E-state index contributed by atoms with van der Waals surface area (Å²) >= 11 is 0. The minimum absolute atomic E-state index is 0. The third kappa shape index (κ3) is 4.88. The van der Waals surface area contributed by atoms with Crippen molar-refractivity contribution in [1.29, 1.82) is 0 Å². The zero-order valence-electron chi connectivity index (χ0n) is 9.29. The maximum atomic E-state index is 4.20. The minimum atomic E-state index is 0. The van der Waals surface area contributed by atoms with E-state index in [1.807, 2.05) is 0 Å². The molecule has 2 atom stereocenters. The van der Waals surface area contributed by atoms with E-state index in [0.29, 0.717) is 12.0 Å². The summed E-state index contributed by atoms with van der Waals surface area (Å²) in [5, 5.41) is 0. The molecule has 0 spiro atoms. The number of fused-ring (bicyclic) bond motifs is 1. The van der Waals surface area contributed by atoms with Crippen molar-refractivity contribution < 1.29 is 0 Å². The van der Waals surface area contributed by atoms with Crippen LogP contribution in [0.4, 0.5) is 0 Å². The molecule has 2 nitrogen and oxygen atoms in total.